The minimum absolute atomic E-state index is 0.0539. The van der Waals surface area contributed by atoms with Crippen molar-refractivity contribution in [1.29, 1.82) is 0 Å². The molecular weight excluding hydrogens is 428 g/mol. The molecular formula is C32H22N2O. The molecule has 0 aliphatic heterocycles. The Morgan fingerprint density at radius 2 is 1.46 bits per heavy atom. The van der Waals surface area contributed by atoms with Gasteiger partial charge in [0.25, 0.3) is 0 Å². The SMILES string of the molecule is CC1(C)c2ccccc2-c2c1ccc1c2oc2c1ccc1c2c2cccnc2n1-c1ccccc1. The molecule has 0 spiro atoms. The summed E-state index contributed by atoms with van der Waals surface area (Å²) in [6, 6.07) is 32.3. The number of fused-ring (bicyclic) bond motifs is 11. The molecule has 4 aromatic carbocycles. The summed E-state index contributed by atoms with van der Waals surface area (Å²) in [5.74, 6) is 0. The first kappa shape index (κ1) is 19.0. The molecule has 0 atom stereocenters. The van der Waals surface area contributed by atoms with Gasteiger partial charge in [-0.2, -0.15) is 0 Å². The molecule has 3 heterocycles. The van der Waals surface area contributed by atoms with Crippen LogP contribution in [-0.4, -0.2) is 9.55 Å². The monoisotopic (exact) mass is 450 g/mol. The molecule has 1 aliphatic rings. The number of nitrogens with zero attached hydrogens (tertiary/aromatic N) is 2. The van der Waals surface area contributed by atoms with Gasteiger partial charge in [0.1, 0.15) is 16.8 Å². The number of aromatic nitrogens is 2. The van der Waals surface area contributed by atoms with Crippen molar-refractivity contribution in [3.63, 3.8) is 0 Å². The highest BCUT2D eigenvalue weighted by molar-refractivity contribution is 6.24. The Morgan fingerprint density at radius 3 is 2.34 bits per heavy atom. The molecule has 0 saturated carbocycles. The predicted molar refractivity (Wildman–Crippen MR) is 143 cm³/mol. The number of para-hydroxylation sites is 1. The van der Waals surface area contributed by atoms with Gasteiger partial charge in [-0.05, 0) is 53.1 Å². The zero-order chi connectivity index (χ0) is 23.3. The number of benzene rings is 4. The fourth-order valence-electron chi connectivity index (χ4n) is 6.24. The van der Waals surface area contributed by atoms with E-state index in [9.17, 15) is 0 Å². The second kappa shape index (κ2) is 6.39. The Labute approximate surface area is 202 Å². The van der Waals surface area contributed by atoms with E-state index in [1.807, 2.05) is 18.3 Å². The summed E-state index contributed by atoms with van der Waals surface area (Å²) in [6.45, 7) is 4.62. The summed E-state index contributed by atoms with van der Waals surface area (Å²) in [5, 5.41) is 4.53. The molecule has 0 unspecified atom stereocenters. The van der Waals surface area contributed by atoms with Crippen molar-refractivity contribution in [3.8, 4) is 16.8 Å². The Morgan fingerprint density at radius 1 is 0.686 bits per heavy atom. The third-order valence-corrected chi connectivity index (χ3v) is 7.85. The maximum Gasteiger partial charge on any atom is 0.145 e. The van der Waals surface area contributed by atoms with Crippen molar-refractivity contribution in [2.24, 2.45) is 0 Å². The van der Waals surface area contributed by atoms with Crippen LogP contribution in [0, 0.1) is 0 Å². The standard InChI is InChI=1S/C32H22N2O/c1-32(2)24-13-7-6-11-22(24)27-25(32)16-14-20-21-15-17-26-28(30(21)35-29(20)27)23-12-8-18-33-31(23)34(26)19-9-4-3-5-10-19/h3-18H,1-2H3. The lowest BCUT2D eigenvalue weighted by molar-refractivity contribution is 0.654. The number of hydrogen-bond acceptors (Lipinski definition) is 2. The third kappa shape index (κ3) is 2.28. The van der Waals surface area contributed by atoms with Crippen molar-refractivity contribution in [1.82, 2.24) is 9.55 Å². The van der Waals surface area contributed by atoms with Crippen LogP contribution in [0.3, 0.4) is 0 Å². The van der Waals surface area contributed by atoms with E-state index in [1.165, 1.54) is 22.3 Å². The number of furan rings is 1. The van der Waals surface area contributed by atoms with Crippen molar-refractivity contribution in [3.05, 3.63) is 108 Å². The second-order valence-corrected chi connectivity index (χ2v) is 10.0. The first-order valence-electron chi connectivity index (χ1n) is 12.1. The van der Waals surface area contributed by atoms with Crippen LogP contribution >= 0.6 is 0 Å². The topological polar surface area (TPSA) is 31.0 Å². The van der Waals surface area contributed by atoms with Crippen LogP contribution in [0.25, 0.3) is 60.7 Å². The highest BCUT2D eigenvalue weighted by atomic mass is 16.3. The van der Waals surface area contributed by atoms with Gasteiger partial charge in [0.15, 0.2) is 0 Å². The smallest absolute Gasteiger partial charge is 0.145 e. The Hall–Kier alpha value is -4.37. The van der Waals surface area contributed by atoms with E-state index in [-0.39, 0.29) is 5.41 Å². The number of rotatable bonds is 1. The lowest BCUT2D eigenvalue weighted by atomic mass is 9.82. The summed E-state index contributed by atoms with van der Waals surface area (Å²) < 4.78 is 9.11. The summed E-state index contributed by atoms with van der Waals surface area (Å²) in [4.78, 5) is 4.78. The fraction of sp³-hybridized carbons (Fsp3) is 0.0938. The van der Waals surface area contributed by atoms with E-state index < -0.39 is 0 Å². The Kier molecular flexibility index (Phi) is 3.47. The number of hydrogen-bond donors (Lipinski definition) is 0. The lowest BCUT2D eigenvalue weighted by Crippen LogP contribution is -2.14. The normalized spacial score (nSPS) is 14.2. The van der Waals surface area contributed by atoms with Crippen LogP contribution in [-0.2, 0) is 5.41 Å². The molecule has 1 aliphatic carbocycles. The predicted octanol–water partition coefficient (Wildman–Crippen LogP) is 8.38. The highest BCUT2D eigenvalue weighted by Crippen LogP contribution is 2.53. The van der Waals surface area contributed by atoms with Gasteiger partial charge >= 0.3 is 0 Å². The van der Waals surface area contributed by atoms with Gasteiger partial charge in [-0.25, -0.2) is 4.98 Å². The Bertz CT molecular complexity index is 1970. The van der Waals surface area contributed by atoms with Gasteiger partial charge in [-0.15, -0.1) is 0 Å². The van der Waals surface area contributed by atoms with Gasteiger partial charge in [0.2, 0.25) is 0 Å². The van der Waals surface area contributed by atoms with E-state index >= 15 is 0 Å². The molecule has 0 bridgehead atoms. The zero-order valence-corrected chi connectivity index (χ0v) is 19.5. The summed E-state index contributed by atoms with van der Waals surface area (Å²) in [5.41, 5.74) is 10.2. The minimum atomic E-state index is -0.0539. The van der Waals surface area contributed by atoms with Crippen molar-refractivity contribution < 1.29 is 4.42 Å². The molecule has 8 rings (SSSR count). The van der Waals surface area contributed by atoms with Crippen molar-refractivity contribution >= 4 is 43.9 Å². The molecule has 166 valence electrons. The first-order chi connectivity index (χ1) is 17.1. The van der Waals surface area contributed by atoms with Crippen LogP contribution in [0.1, 0.15) is 25.0 Å². The fourth-order valence-corrected chi connectivity index (χ4v) is 6.24. The molecule has 35 heavy (non-hydrogen) atoms. The van der Waals surface area contributed by atoms with E-state index in [0.717, 1.165) is 49.6 Å². The van der Waals surface area contributed by atoms with Crippen LogP contribution in [0.2, 0.25) is 0 Å². The molecule has 3 nitrogen and oxygen atoms in total. The van der Waals surface area contributed by atoms with Gasteiger partial charge in [-0.1, -0.05) is 68.4 Å². The molecule has 0 radical (unpaired) electrons. The molecule has 0 amide bonds. The molecule has 7 aromatic rings. The van der Waals surface area contributed by atoms with Gasteiger partial charge < -0.3 is 4.42 Å². The van der Waals surface area contributed by atoms with Crippen LogP contribution < -0.4 is 0 Å². The van der Waals surface area contributed by atoms with Gasteiger partial charge in [0, 0.05) is 39.0 Å². The molecule has 3 aromatic heterocycles. The average Bonchev–Trinajstić information content (AvgIpc) is 3.51. The summed E-state index contributed by atoms with van der Waals surface area (Å²) >= 11 is 0. The maximum atomic E-state index is 6.87. The minimum Gasteiger partial charge on any atom is -0.455 e. The summed E-state index contributed by atoms with van der Waals surface area (Å²) in [7, 11) is 0. The second-order valence-electron chi connectivity index (χ2n) is 10.0. The van der Waals surface area contributed by atoms with E-state index in [4.69, 9.17) is 9.40 Å². The van der Waals surface area contributed by atoms with E-state index in [0.29, 0.717) is 0 Å². The van der Waals surface area contributed by atoms with Gasteiger partial charge in [-0.3, -0.25) is 4.57 Å². The van der Waals surface area contributed by atoms with Crippen LogP contribution in [0.4, 0.5) is 0 Å². The maximum absolute atomic E-state index is 6.87. The highest BCUT2D eigenvalue weighted by Gasteiger charge is 2.37. The van der Waals surface area contributed by atoms with Crippen LogP contribution in [0.15, 0.2) is 102 Å². The average molecular weight is 451 g/mol. The molecule has 3 heteroatoms. The van der Waals surface area contributed by atoms with E-state index in [2.05, 4.69) is 97.3 Å². The van der Waals surface area contributed by atoms with Crippen molar-refractivity contribution in [2.75, 3.05) is 0 Å². The Balaban J connectivity index is 1.56. The molecule has 0 saturated heterocycles. The quantitative estimate of drug-likeness (QED) is 0.251. The van der Waals surface area contributed by atoms with Gasteiger partial charge in [0.05, 0.1) is 10.9 Å². The van der Waals surface area contributed by atoms with Crippen LogP contribution in [0.5, 0.6) is 0 Å². The largest absolute Gasteiger partial charge is 0.455 e. The molecule has 0 N–H and O–H groups in total. The summed E-state index contributed by atoms with van der Waals surface area (Å²) in [6.07, 6.45) is 1.86. The first-order valence-corrected chi connectivity index (χ1v) is 12.1. The lowest BCUT2D eigenvalue weighted by Gasteiger charge is -2.21. The third-order valence-electron chi connectivity index (χ3n) is 7.85. The molecule has 0 fully saturated rings. The zero-order valence-electron chi connectivity index (χ0n) is 19.5. The number of pyridine rings is 1. The van der Waals surface area contributed by atoms with E-state index in [1.54, 1.807) is 0 Å². The van der Waals surface area contributed by atoms with Crippen molar-refractivity contribution in [2.45, 2.75) is 19.3 Å².